The number of nitrogens with zero attached hydrogens (tertiary/aromatic N) is 2. The van der Waals surface area contributed by atoms with E-state index in [2.05, 4.69) is 15.7 Å². The number of aromatic nitrogens is 2. The fraction of sp³-hybridized carbons (Fsp3) is 0.150. The summed E-state index contributed by atoms with van der Waals surface area (Å²) in [6, 6.07) is 15.8. The average Bonchev–Trinajstić information content (AvgIpc) is 3.16. The van der Waals surface area contributed by atoms with E-state index >= 15 is 0 Å². The molecule has 6 heteroatoms. The van der Waals surface area contributed by atoms with Crippen molar-refractivity contribution in [3.63, 3.8) is 0 Å². The highest BCUT2D eigenvalue weighted by Crippen LogP contribution is 2.18. The molecule has 1 atom stereocenters. The van der Waals surface area contributed by atoms with E-state index in [0.717, 1.165) is 5.56 Å². The number of nitrogens with one attached hydrogen (secondary N) is 2. The highest BCUT2D eigenvalue weighted by atomic mass is 16.2. The Balaban J connectivity index is 1.68. The van der Waals surface area contributed by atoms with E-state index in [9.17, 15) is 9.59 Å². The number of carbonyl (C=O) groups is 2. The SMILES string of the molecule is Cc1cccc(C(=O)Nc2cccc(NC(=O)C(C)n3cccn3)c2)c1. The predicted molar refractivity (Wildman–Crippen MR) is 101 cm³/mol. The van der Waals surface area contributed by atoms with Crippen LogP contribution < -0.4 is 10.6 Å². The van der Waals surface area contributed by atoms with E-state index < -0.39 is 6.04 Å². The van der Waals surface area contributed by atoms with Crippen molar-refractivity contribution in [1.82, 2.24) is 9.78 Å². The molecule has 1 heterocycles. The Bertz CT molecular complexity index is 919. The Morgan fingerprint density at radius 3 is 2.42 bits per heavy atom. The van der Waals surface area contributed by atoms with E-state index in [0.29, 0.717) is 16.9 Å². The molecule has 6 nitrogen and oxygen atoms in total. The minimum absolute atomic E-state index is 0.184. The van der Waals surface area contributed by atoms with Crippen LogP contribution in [0.5, 0.6) is 0 Å². The van der Waals surface area contributed by atoms with Crippen LogP contribution in [0.2, 0.25) is 0 Å². The lowest BCUT2D eigenvalue weighted by Gasteiger charge is -2.13. The summed E-state index contributed by atoms with van der Waals surface area (Å²) in [5.74, 6) is -0.377. The van der Waals surface area contributed by atoms with Crippen molar-refractivity contribution in [2.24, 2.45) is 0 Å². The Hall–Kier alpha value is -3.41. The van der Waals surface area contributed by atoms with Gasteiger partial charge in [-0.25, -0.2) is 0 Å². The number of anilines is 2. The third-order valence-electron chi connectivity index (χ3n) is 3.97. The van der Waals surface area contributed by atoms with Crippen LogP contribution in [0.1, 0.15) is 28.9 Å². The molecule has 0 radical (unpaired) electrons. The van der Waals surface area contributed by atoms with Crippen molar-refractivity contribution in [3.8, 4) is 0 Å². The lowest BCUT2D eigenvalue weighted by atomic mass is 10.1. The van der Waals surface area contributed by atoms with Crippen LogP contribution in [0.15, 0.2) is 67.0 Å². The maximum Gasteiger partial charge on any atom is 0.255 e. The lowest BCUT2D eigenvalue weighted by Crippen LogP contribution is -2.24. The summed E-state index contributed by atoms with van der Waals surface area (Å²) in [5, 5.41) is 9.76. The van der Waals surface area contributed by atoms with Gasteiger partial charge < -0.3 is 10.6 Å². The second kappa shape index (κ2) is 7.65. The Morgan fingerprint density at radius 1 is 1.00 bits per heavy atom. The van der Waals surface area contributed by atoms with Crippen molar-refractivity contribution in [2.75, 3.05) is 10.6 Å². The first-order valence-electron chi connectivity index (χ1n) is 8.31. The number of amides is 2. The van der Waals surface area contributed by atoms with Crippen LogP contribution >= 0.6 is 0 Å². The third-order valence-corrected chi connectivity index (χ3v) is 3.97. The summed E-state index contributed by atoms with van der Waals surface area (Å²) in [4.78, 5) is 24.7. The fourth-order valence-corrected chi connectivity index (χ4v) is 2.54. The number of aryl methyl sites for hydroxylation is 1. The number of benzene rings is 2. The first-order valence-corrected chi connectivity index (χ1v) is 8.31. The van der Waals surface area contributed by atoms with Gasteiger partial charge in [-0.1, -0.05) is 23.8 Å². The molecule has 26 heavy (non-hydrogen) atoms. The highest BCUT2D eigenvalue weighted by Gasteiger charge is 2.15. The molecule has 1 unspecified atom stereocenters. The molecule has 0 bridgehead atoms. The predicted octanol–water partition coefficient (Wildman–Crippen LogP) is 3.64. The minimum atomic E-state index is -0.435. The molecule has 0 saturated carbocycles. The van der Waals surface area contributed by atoms with Gasteiger partial charge in [0, 0.05) is 29.3 Å². The number of carbonyl (C=O) groups excluding carboxylic acids is 2. The Kier molecular flexibility index (Phi) is 5.12. The quantitative estimate of drug-likeness (QED) is 0.739. The molecule has 3 aromatic rings. The molecule has 0 aliphatic heterocycles. The first kappa shape index (κ1) is 17.4. The van der Waals surface area contributed by atoms with Gasteiger partial charge in [0.05, 0.1) is 0 Å². The molecule has 0 aliphatic rings. The molecular weight excluding hydrogens is 328 g/mol. The van der Waals surface area contributed by atoms with Crippen LogP contribution in [0.3, 0.4) is 0 Å². The van der Waals surface area contributed by atoms with Crippen LogP contribution in [0, 0.1) is 6.92 Å². The molecule has 0 fully saturated rings. The molecular formula is C20H20N4O2. The number of hydrogen-bond acceptors (Lipinski definition) is 3. The van der Waals surface area contributed by atoms with Crippen molar-refractivity contribution in [1.29, 1.82) is 0 Å². The van der Waals surface area contributed by atoms with Crippen molar-refractivity contribution in [3.05, 3.63) is 78.1 Å². The van der Waals surface area contributed by atoms with E-state index in [1.54, 1.807) is 60.4 Å². The largest absolute Gasteiger partial charge is 0.324 e. The third kappa shape index (κ3) is 4.16. The summed E-state index contributed by atoms with van der Waals surface area (Å²) in [5.41, 5.74) is 2.83. The minimum Gasteiger partial charge on any atom is -0.324 e. The summed E-state index contributed by atoms with van der Waals surface area (Å²) in [6.45, 7) is 3.71. The molecule has 2 aromatic carbocycles. The van der Waals surface area contributed by atoms with Gasteiger partial charge >= 0.3 is 0 Å². The molecule has 0 spiro atoms. The Labute approximate surface area is 151 Å². The van der Waals surface area contributed by atoms with Crippen molar-refractivity contribution < 1.29 is 9.59 Å². The average molecular weight is 348 g/mol. The van der Waals surface area contributed by atoms with Gasteiger partial charge in [-0.05, 0) is 50.2 Å². The smallest absolute Gasteiger partial charge is 0.255 e. The summed E-state index contributed by atoms with van der Waals surface area (Å²) in [7, 11) is 0. The van der Waals surface area contributed by atoms with Gasteiger partial charge in [0.15, 0.2) is 0 Å². The van der Waals surface area contributed by atoms with E-state index in [4.69, 9.17) is 0 Å². The molecule has 0 saturated heterocycles. The van der Waals surface area contributed by atoms with Gasteiger partial charge in [0.1, 0.15) is 6.04 Å². The molecule has 1 aromatic heterocycles. The van der Waals surface area contributed by atoms with Gasteiger partial charge in [0.2, 0.25) is 5.91 Å². The van der Waals surface area contributed by atoms with Crippen LogP contribution in [-0.2, 0) is 4.79 Å². The maximum atomic E-state index is 12.4. The topological polar surface area (TPSA) is 76.0 Å². The summed E-state index contributed by atoms with van der Waals surface area (Å²) >= 11 is 0. The van der Waals surface area contributed by atoms with Gasteiger partial charge in [-0.15, -0.1) is 0 Å². The van der Waals surface area contributed by atoms with Crippen molar-refractivity contribution in [2.45, 2.75) is 19.9 Å². The fourth-order valence-electron chi connectivity index (χ4n) is 2.54. The second-order valence-corrected chi connectivity index (χ2v) is 6.06. The van der Waals surface area contributed by atoms with Crippen LogP contribution in [0.4, 0.5) is 11.4 Å². The molecule has 2 N–H and O–H groups in total. The molecule has 2 amide bonds. The Morgan fingerprint density at radius 2 is 1.73 bits per heavy atom. The highest BCUT2D eigenvalue weighted by molar-refractivity contribution is 6.04. The van der Waals surface area contributed by atoms with Crippen molar-refractivity contribution >= 4 is 23.2 Å². The number of hydrogen-bond donors (Lipinski definition) is 2. The zero-order valence-electron chi connectivity index (χ0n) is 14.6. The normalized spacial score (nSPS) is 11.6. The van der Waals surface area contributed by atoms with Gasteiger partial charge in [-0.3, -0.25) is 14.3 Å². The summed E-state index contributed by atoms with van der Waals surface area (Å²) in [6.07, 6.45) is 3.37. The van der Waals surface area contributed by atoms with E-state index in [1.807, 2.05) is 25.1 Å². The molecule has 0 aliphatic carbocycles. The van der Waals surface area contributed by atoms with Gasteiger partial charge in [0.25, 0.3) is 5.91 Å². The van der Waals surface area contributed by atoms with E-state index in [1.165, 1.54) is 0 Å². The monoisotopic (exact) mass is 348 g/mol. The van der Waals surface area contributed by atoms with Gasteiger partial charge in [-0.2, -0.15) is 5.10 Å². The second-order valence-electron chi connectivity index (χ2n) is 6.06. The zero-order chi connectivity index (χ0) is 18.5. The van der Waals surface area contributed by atoms with Crippen LogP contribution in [-0.4, -0.2) is 21.6 Å². The zero-order valence-corrected chi connectivity index (χ0v) is 14.6. The molecule has 3 rings (SSSR count). The maximum absolute atomic E-state index is 12.4. The molecule has 132 valence electrons. The standard InChI is InChI=1S/C20H20N4O2/c1-14-6-3-7-16(12-14)20(26)23-18-9-4-8-17(13-18)22-19(25)15(2)24-11-5-10-21-24/h3-13,15H,1-2H3,(H,22,25)(H,23,26). The van der Waals surface area contributed by atoms with E-state index in [-0.39, 0.29) is 11.8 Å². The summed E-state index contributed by atoms with van der Waals surface area (Å²) < 4.78 is 1.58. The lowest BCUT2D eigenvalue weighted by molar-refractivity contribution is -0.119. The first-order chi connectivity index (χ1) is 12.5. The van der Waals surface area contributed by atoms with Crippen LogP contribution in [0.25, 0.3) is 0 Å². The number of rotatable bonds is 5.